The molecule has 2 unspecified atom stereocenters. The van der Waals surface area contributed by atoms with Crippen LogP contribution in [0.25, 0.3) is 0 Å². The molecule has 4 bridgehead atoms. The summed E-state index contributed by atoms with van der Waals surface area (Å²) in [6, 6.07) is 0. The van der Waals surface area contributed by atoms with E-state index in [1.807, 2.05) is 0 Å². The summed E-state index contributed by atoms with van der Waals surface area (Å²) >= 11 is 0. The van der Waals surface area contributed by atoms with Crippen LogP contribution in [0.3, 0.4) is 0 Å². The molecule has 6 aliphatic rings. The van der Waals surface area contributed by atoms with E-state index in [-0.39, 0.29) is 19.1 Å². The van der Waals surface area contributed by atoms with Crippen LogP contribution >= 0.6 is 0 Å². The Morgan fingerprint density at radius 2 is 1.73 bits per heavy atom. The lowest BCUT2D eigenvalue weighted by atomic mass is 9.92. The molecule has 33 heavy (non-hydrogen) atoms. The van der Waals surface area contributed by atoms with Crippen molar-refractivity contribution < 1.29 is 54.0 Å². The molecule has 0 radical (unpaired) electrons. The summed E-state index contributed by atoms with van der Waals surface area (Å²) < 4.78 is 29.0. The fourth-order valence-corrected chi connectivity index (χ4v) is 4.43. The molecule has 12 heteroatoms. The maximum Gasteiger partial charge on any atom is 0.219 e. The highest BCUT2D eigenvalue weighted by Crippen LogP contribution is 2.33. The van der Waals surface area contributed by atoms with Gasteiger partial charge in [-0.15, -0.1) is 0 Å². The van der Waals surface area contributed by atoms with Gasteiger partial charge in [0.15, 0.2) is 6.29 Å². The Balaban J connectivity index is 1.74. The number of carbonyl (C=O) groups excluding carboxylic acids is 1. The van der Waals surface area contributed by atoms with Crippen LogP contribution < -0.4 is 5.32 Å². The number of hydrogen-bond acceptors (Lipinski definition) is 11. The zero-order valence-corrected chi connectivity index (χ0v) is 18.8. The third-order valence-electron chi connectivity index (χ3n) is 6.27. The molecule has 0 aromatic rings. The van der Waals surface area contributed by atoms with E-state index in [1.165, 1.54) is 0 Å². The Labute approximate surface area is 192 Å². The molecule has 0 aromatic heterocycles. The van der Waals surface area contributed by atoms with E-state index in [4.69, 9.17) is 23.7 Å². The van der Waals surface area contributed by atoms with Crippen LogP contribution in [0.15, 0.2) is 0 Å². The lowest BCUT2D eigenvalue weighted by molar-refractivity contribution is -0.344. The van der Waals surface area contributed by atoms with Gasteiger partial charge in [0.05, 0.1) is 19.3 Å². The Bertz CT molecular complexity index is 609. The Hall–Kier alpha value is -0.930. The number of nitrogens with one attached hydrogen (secondary N) is 1. The first-order valence-electron chi connectivity index (χ1n) is 11.6. The van der Waals surface area contributed by atoms with Crippen molar-refractivity contribution in [2.75, 3.05) is 33.0 Å². The van der Waals surface area contributed by atoms with E-state index in [1.54, 1.807) is 6.92 Å². The van der Waals surface area contributed by atoms with Crippen molar-refractivity contribution in [2.24, 2.45) is 0 Å². The fraction of sp³-hybridized carbons (Fsp3) is 0.952. The quantitative estimate of drug-likeness (QED) is 0.201. The predicted molar refractivity (Wildman–Crippen MR) is 111 cm³/mol. The summed E-state index contributed by atoms with van der Waals surface area (Å²) in [4.78, 5) is 11.4. The highest BCUT2D eigenvalue weighted by Gasteiger charge is 2.51. The van der Waals surface area contributed by atoms with Gasteiger partial charge in [0.1, 0.15) is 48.8 Å². The standard InChI is InChI=1S/C21H37NO11/c1-2-14(25)22-6-4-8-30-18-11-5-3-7-29-19-12(9-23)32-21(16(27)15(19)26)33-20(17(18)28)13(10-24)31-11/h11-13,15-21,23-24,26-28H,2-10H2,1H3,(H,22,25)/t11?,12-,13-,15-,16-,17-,18+,19-,20?,21-/m1/s1. The first-order valence-corrected chi connectivity index (χ1v) is 11.6. The van der Waals surface area contributed by atoms with E-state index in [0.717, 1.165) is 0 Å². The fourth-order valence-electron chi connectivity index (χ4n) is 4.43. The molecule has 0 spiro atoms. The van der Waals surface area contributed by atoms with Crippen molar-refractivity contribution in [3.8, 4) is 0 Å². The summed E-state index contributed by atoms with van der Waals surface area (Å²) in [6.45, 7) is 1.69. The Morgan fingerprint density at radius 3 is 2.42 bits per heavy atom. The maximum atomic E-state index is 11.4. The average molecular weight is 480 g/mol. The second kappa shape index (κ2) is 12.7. The number of aliphatic hydroxyl groups excluding tert-OH is 5. The van der Waals surface area contributed by atoms with Crippen molar-refractivity contribution in [1.82, 2.24) is 5.32 Å². The molecule has 0 aliphatic carbocycles. The van der Waals surface area contributed by atoms with E-state index in [2.05, 4.69) is 5.32 Å². The normalized spacial score (nSPS) is 41.8. The molecular formula is C21H37NO11. The first-order chi connectivity index (χ1) is 15.9. The van der Waals surface area contributed by atoms with Gasteiger partial charge in [-0.1, -0.05) is 6.92 Å². The zero-order valence-electron chi connectivity index (χ0n) is 18.8. The van der Waals surface area contributed by atoms with Crippen molar-refractivity contribution in [3.05, 3.63) is 0 Å². The van der Waals surface area contributed by atoms with Crippen LogP contribution in [0.1, 0.15) is 32.6 Å². The summed E-state index contributed by atoms with van der Waals surface area (Å²) in [6.07, 6.45) is -9.00. The van der Waals surface area contributed by atoms with E-state index < -0.39 is 74.4 Å². The molecule has 12 nitrogen and oxygen atoms in total. The van der Waals surface area contributed by atoms with Crippen LogP contribution in [-0.2, 0) is 28.5 Å². The monoisotopic (exact) mass is 479 g/mol. The van der Waals surface area contributed by atoms with E-state index >= 15 is 0 Å². The molecule has 0 aromatic carbocycles. The zero-order chi connectivity index (χ0) is 24.0. The van der Waals surface area contributed by atoms with Crippen molar-refractivity contribution in [3.63, 3.8) is 0 Å². The van der Waals surface area contributed by atoms with Crippen molar-refractivity contribution in [1.29, 1.82) is 0 Å². The molecule has 192 valence electrons. The van der Waals surface area contributed by atoms with E-state index in [9.17, 15) is 30.3 Å². The molecule has 0 saturated carbocycles. The lowest BCUT2D eigenvalue weighted by Crippen LogP contribution is -2.64. The second-order valence-corrected chi connectivity index (χ2v) is 8.56. The number of hydrogen-bond donors (Lipinski definition) is 6. The number of aliphatic hydroxyl groups is 5. The third-order valence-corrected chi connectivity index (χ3v) is 6.27. The van der Waals surface area contributed by atoms with Gasteiger partial charge in [-0.3, -0.25) is 4.79 Å². The van der Waals surface area contributed by atoms with Crippen molar-refractivity contribution >= 4 is 5.91 Å². The molecule has 6 aliphatic heterocycles. The second-order valence-electron chi connectivity index (χ2n) is 8.56. The van der Waals surface area contributed by atoms with Crippen LogP contribution in [0.4, 0.5) is 0 Å². The minimum Gasteiger partial charge on any atom is -0.394 e. The van der Waals surface area contributed by atoms with Crippen LogP contribution in [0, 0.1) is 0 Å². The first kappa shape index (κ1) is 26.7. The molecule has 6 heterocycles. The SMILES string of the molecule is CCC(=O)NCCCO[C@H]1C2CCCO[C@H]3[C@H](O)[C@@H](O)[C@@H](OC([C@@H](CO)O2)[C@@H]1O)O[C@@H]3CO. The van der Waals surface area contributed by atoms with E-state index in [0.29, 0.717) is 32.2 Å². The largest absolute Gasteiger partial charge is 0.394 e. The minimum atomic E-state index is -1.51. The molecule has 10 atom stereocenters. The van der Waals surface area contributed by atoms with Gasteiger partial charge in [0.2, 0.25) is 5.91 Å². The Kier molecular flexibility index (Phi) is 10.2. The molecule has 1 amide bonds. The van der Waals surface area contributed by atoms with Gasteiger partial charge >= 0.3 is 0 Å². The van der Waals surface area contributed by atoms with Crippen LogP contribution in [-0.4, -0.2) is 126 Å². The molecule has 6 saturated heterocycles. The molecule has 6 N–H and O–H groups in total. The lowest BCUT2D eigenvalue weighted by Gasteiger charge is -2.47. The van der Waals surface area contributed by atoms with Gasteiger partial charge in [-0.2, -0.15) is 0 Å². The highest BCUT2D eigenvalue weighted by atomic mass is 16.7. The predicted octanol–water partition coefficient (Wildman–Crippen LogP) is -2.59. The Morgan fingerprint density at radius 1 is 1.00 bits per heavy atom. The summed E-state index contributed by atoms with van der Waals surface area (Å²) in [5.74, 6) is -0.0597. The molecule has 6 fully saturated rings. The van der Waals surface area contributed by atoms with Crippen molar-refractivity contribution in [2.45, 2.75) is 93.8 Å². The molecule has 6 rings (SSSR count). The minimum absolute atomic E-state index is 0.0597. The summed E-state index contributed by atoms with van der Waals surface area (Å²) in [5.41, 5.74) is 0. The van der Waals surface area contributed by atoms with Crippen LogP contribution in [0.5, 0.6) is 0 Å². The van der Waals surface area contributed by atoms with Gasteiger partial charge in [0.25, 0.3) is 0 Å². The van der Waals surface area contributed by atoms with Crippen LogP contribution in [0.2, 0.25) is 0 Å². The number of rotatable bonds is 8. The maximum absolute atomic E-state index is 11.4. The summed E-state index contributed by atoms with van der Waals surface area (Å²) in [7, 11) is 0. The highest BCUT2D eigenvalue weighted by molar-refractivity contribution is 5.75. The topological polar surface area (TPSA) is 176 Å². The number of ether oxygens (including phenoxy) is 5. The van der Waals surface area contributed by atoms with Gasteiger partial charge in [-0.05, 0) is 19.3 Å². The number of amides is 1. The smallest absolute Gasteiger partial charge is 0.219 e. The average Bonchev–Trinajstić information content (AvgIpc) is 2.84. The summed E-state index contributed by atoms with van der Waals surface area (Å²) in [5, 5.41) is 54.5. The number of carbonyl (C=O) groups is 1. The molecular weight excluding hydrogens is 442 g/mol. The van der Waals surface area contributed by atoms with Gasteiger partial charge in [0, 0.05) is 26.2 Å². The third kappa shape index (κ3) is 6.40. The van der Waals surface area contributed by atoms with Gasteiger partial charge < -0.3 is 54.5 Å². The van der Waals surface area contributed by atoms with Gasteiger partial charge in [-0.25, -0.2) is 0 Å².